The van der Waals surface area contributed by atoms with E-state index in [1.54, 1.807) is 0 Å². The van der Waals surface area contributed by atoms with Gasteiger partial charge in [0.25, 0.3) is 0 Å². The van der Waals surface area contributed by atoms with Gasteiger partial charge < -0.3 is 5.11 Å². The van der Waals surface area contributed by atoms with Crippen molar-refractivity contribution in [2.75, 3.05) is 0 Å². The van der Waals surface area contributed by atoms with Gasteiger partial charge in [0, 0.05) is 0 Å². The highest BCUT2D eigenvalue weighted by molar-refractivity contribution is 5.39. The van der Waals surface area contributed by atoms with Gasteiger partial charge in [0.2, 0.25) is 0 Å². The van der Waals surface area contributed by atoms with E-state index in [4.69, 9.17) is 0 Å². The molecule has 0 heterocycles. The third-order valence-electron chi connectivity index (χ3n) is 4.27. The van der Waals surface area contributed by atoms with E-state index < -0.39 is 5.60 Å². The minimum Gasteiger partial charge on any atom is -0.385 e. The van der Waals surface area contributed by atoms with Crippen LogP contribution in [0.3, 0.4) is 0 Å². The fourth-order valence-corrected chi connectivity index (χ4v) is 3.04. The number of hydrogen-bond acceptors (Lipinski definition) is 1. The van der Waals surface area contributed by atoms with Crippen molar-refractivity contribution >= 4 is 0 Å². The van der Waals surface area contributed by atoms with Crippen molar-refractivity contribution in [2.45, 2.75) is 64.9 Å². The molecule has 0 aromatic heterocycles. The summed E-state index contributed by atoms with van der Waals surface area (Å²) in [5, 5.41) is 10.9. The zero-order chi connectivity index (χ0) is 12.5. The number of aryl methyl sites for hydroxylation is 3. The average Bonchev–Trinajstić information content (AvgIpc) is 2.49. The molecule has 94 valence electrons. The minimum atomic E-state index is -0.570. The summed E-state index contributed by atoms with van der Waals surface area (Å²) < 4.78 is 0. The van der Waals surface area contributed by atoms with Crippen LogP contribution in [0.2, 0.25) is 0 Å². The molecular formula is C16H24O. The Morgan fingerprint density at radius 1 is 0.824 bits per heavy atom. The maximum atomic E-state index is 10.9. The molecule has 1 fully saturated rings. The Morgan fingerprint density at radius 3 is 1.94 bits per heavy atom. The summed E-state index contributed by atoms with van der Waals surface area (Å²) in [5.41, 5.74) is 4.46. The first-order chi connectivity index (χ1) is 8.03. The highest BCUT2D eigenvalue weighted by Gasteiger charge is 2.31. The van der Waals surface area contributed by atoms with Crippen LogP contribution < -0.4 is 0 Å². The van der Waals surface area contributed by atoms with E-state index in [0.717, 1.165) is 25.7 Å². The SMILES string of the molecule is Cc1cc(C)c(C2(O)CCCCCC2)cc1C. The van der Waals surface area contributed by atoms with Crippen molar-refractivity contribution in [2.24, 2.45) is 0 Å². The van der Waals surface area contributed by atoms with Crippen LogP contribution in [-0.2, 0) is 5.60 Å². The first kappa shape index (κ1) is 12.6. The lowest BCUT2D eigenvalue weighted by atomic mass is 9.82. The van der Waals surface area contributed by atoms with Crippen molar-refractivity contribution in [1.82, 2.24) is 0 Å². The van der Waals surface area contributed by atoms with Gasteiger partial charge in [-0.1, -0.05) is 37.8 Å². The Labute approximate surface area is 105 Å². The smallest absolute Gasteiger partial charge is 0.0899 e. The molecule has 1 heteroatoms. The van der Waals surface area contributed by atoms with Gasteiger partial charge in [-0.25, -0.2) is 0 Å². The van der Waals surface area contributed by atoms with E-state index in [1.165, 1.54) is 35.1 Å². The van der Waals surface area contributed by atoms with Gasteiger partial charge >= 0.3 is 0 Å². The molecule has 0 bridgehead atoms. The average molecular weight is 232 g/mol. The molecule has 0 radical (unpaired) electrons. The summed E-state index contributed by atoms with van der Waals surface area (Å²) in [4.78, 5) is 0. The van der Waals surface area contributed by atoms with Gasteiger partial charge in [-0.15, -0.1) is 0 Å². The lowest BCUT2D eigenvalue weighted by Crippen LogP contribution is -2.26. The summed E-state index contributed by atoms with van der Waals surface area (Å²) >= 11 is 0. The quantitative estimate of drug-likeness (QED) is 0.721. The van der Waals surface area contributed by atoms with Crippen LogP contribution in [-0.4, -0.2) is 5.11 Å². The predicted octanol–water partition coefficient (Wildman–Crippen LogP) is 4.15. The van der Waals surface area contributed by atoms with Crippen LogP contribution in [0.5, 0.6) is 0 Å². The highest BCUT2D eigenvalue weighted by atomic mass is 16.3. The third-order valence-corrected chi connectivity index (χ3v) is 4.27. The Balaban J connectivity index is 2.40. The van der Waals surface area contributed by atoms with Gasteiger partial charge in [0.05, 0.1) is 5.60 Å². The molecule has 1 aliphatic rings. The highest BCUT2D eigenvalue weighted by Crippen LogP contribution is 2.38. The lowest BCUT2D eigenvalue weighted by Gasteiger charge is -2.29. The van der Waals surface area contributed by atoms with Crippen LogP contribution >= 0.6 is 0 Å². The molecular weight excluding hydrogens is 208 g/mol. The van der Waals surface area contributed by atoms with Crippen LogP contribution in [0, 0.1) is 20.8 Å². The molecule has 1 aromatic carbocycles. The molecule has 0 spiro atoms. The number of rotatable bonds is 1. The van der Waals surface area contributed by atoms with Crippen molar-refractivity contribution in [3.63, 3.8) is 0 Å². The van der Waals surface area contributed by atoms with E-state index in [0.29, 0.717) is 0 Å². The van der Waals surface area contributed by atoms with E-state index >= 15 is 0 Å². The van der Waals surface area contributed by atoms with E-state index in [-0.39, 0.29) is 0 Å². The van der Waals surface area contributed by atoms with Gasteiger partial charge in [-0.2, -0.15) is 0 Å². The Kier molecular flexibility index (Phi) is 3.58. The molecule has 1 aliphatic carbocycles. The van der Waals surface area contributed by atoms with Gasteiger partial charge in [0.1, 0.15) is 0 Å². The monoisotopic (exact) mass is 232 g/mol. The Bertz CT molecular complexity index is 398. The normalized spacial score (nSPS) is 20.0. The number of hydrogen-bond donors (Lipinski definition) is 1. The minimum absolute atomic E-state index is 0.570. The molecule has 0 amide bonds. The Morgan fingerprint density at radius 2 is 1.35 bits per heavy atom. The summed E-state index contributed by atoms with van der Waals surface area (Å²) in [6.07, 6.45) is 6.71. The largest absolute Gasteiger partial charge is 0.385 e. The molecule has 1 saturated carbocycles. The number of benzene rings is 1. The standard InChI is InChI=1S/C16H24O/c1-12-10-14(3)15(11-13(12)2)16(17)8-6-4-5-7-9-16/h10-11,17H,4-9H2,1-3H3. The summed E-state index contributed by atoms with van der Waals surface area (Å²) in [6, 6.07) is 4.42. The van der Waals surface area contributed by atoms with Gasteiger partial charge in [-0.3, -0.25) is 0 Å². The topological polar surface area (TPSA) is 20.2 Å². The molecule has 2 rings (SSSR count). The molecule has 1 N–H and O–H groups in total. The molecule has 17 heavy (non-hydrogen) atoms. The zero-order valence-electron chi connectivity index (χ0n) is 11.3. The first-order valence-electron chi connectivity index (χ1n) is 6.84. The van der Waals surface area contributed by atoms with Gasteiger partial charge in [-0.05, 0) is 55.9 Å². The molecule has 0 saturated heterocycles. The molecule has 1 nitrogen and oxygen atoms in total. The summed E-state index contributed by atoms with van der Waals surface area (Å²) in [7, 11) is 0. The lowest BCUT2D eigenvalue weighted by molar-refractivity contribution is 0.0200. The van der Waals surface area contributed by atoms with Crippen molar-refractivity contribution in [3.8, 4) is 0 Å². The third kappa shape index (κ3) is 2.55. The molecule has 0 aliphatic heterocycles. The second-order valence-corrected chi connectivity index (χ2v) is 5.70. The molecule has 0 unspecified atom stereocenters. The summed E-state index contributed by atoms with van der Waals surface area (Å²) in [6.45, 7) is 6.41. The summed E-state index contributed by atoms with van der Waals surface area (Å²) in [5.74, 6) is 0. The Hall–Kier alpha value is -0.820. The maximum absolute atomic E-state index is 10.9. The fraction of sp³-hybridized carbons (Fsp3) is 0.625. The second kappa shape index (κ2) is 4.81. The first-order valence-corrected chi connectivity index (χ1v) is 6.84. The van der Waals surface area contributed by atoms with Crippen LogP contribution in [0.4, 0.5) is 0 Å². The van der Waals surface area contributed by atoms with Crippen LogP contribution in [0.1, 0.15) is 60.8 Å². The van der Waals surface area contributed by atoms with E-state index in [1.807, 2.05) is 0 Å². The van der Waals surface area contributed by atoms with Crippen molar-refractivity contribution in [1.29, 1.82) is 0 Å². The molecule has 1 aromatic rings. The second-order valence-electron chi connectivity index (χ2n) is 5.70. The molecule has 0 atom stereocenters. The predicted molar refractivity (Wildman–Crippen MR) is 72.3 cm³/mol. The van der Waals surface area contributed by atoms with Gasteiger partial charge in [0.15, 0.2) is 0 Å². The number of aliphatic hydroxyl groups is 1. The van der Waals surface area contributed by atoms with Crippen LogP contribution in [0.25, 0.3) is 0 Å². The van der Waals surface area contributed by atoms with Crippen molar-refractivity contribution < 1.29 is 5.11 Å². The van der Waals surface area contributed by atoms with Crippen LogP contribution in [0.15, 0.2) is 12.1 Å². The zero-order valence-corrected chi connectivity index (χ0v) is 11.3. The van der Waals surface area contributed by atoms with E-state index in [9.17, 15) is 5.11 Å². The fourth-order valence-electron chi connectivity index (χ4n) is 3.04. The van der Waals surface area contributed by atoms with Crippen molar-refractivity contribution in [3.05, 3.63) is 34.4 Å². The van der Waals surface area contributed by atoms with E-state index in [2.05, 4.69) is 32.9 Å². The maximum Gasteiger partial charge on any atom is 0.0899 e.